The van der Waals surface area contributed by atoms with Crippen LogP contribution in [0.2, 0.25) is 0 Å². The third kappa shape index (κ3) is 9.14. The fraction of sp³-hybridized carbons (Fsp3) is 0.353. The van der Waals surface area contributed by atoms with Gasteiger partial charge in [0.1, 0.15) is 11.3 Å². The Morgan fingerprint density at radius 1 is 0.887 bits per heavy atom. The first-order valence-electron chi connectivity index (χ1n) is 15.7. The van der Waals surface area contributed by atoms with Crippen molar-refractivity contribution in [3.63, 3.8) is 0 Å². The van der Waals surface area contributed by atoms with Crippen molar-refractivity contribution in [3.8, 4) is 5.75 Å². The van der Waals surface area contributed by atoms with Crippen LogP contribution in [0, 0.1) is 11.8 Å². The molecule has 286 valence electrons. The van der Waals surface area contributed by atoms with Crippen molar-refractivity contribution in [2.45, 2.75) is 48.9 Å². The maximum Gasteiger partial charge on any atom is 0.573 e. The van der Waals surface area contributed by atoms with Crippen LogP contribution < -0.4 is 10.1 Å². The van der Waals surface area contributed by atoms with Crippen molar-refractivity contribution in [2.24, 2.45) is 11.8 Å². The lowest BCUT2D eigenvalue weighted by molar-refractivity contribution is -0.274. The van der Waals surface area contributed by atoms with Crippen LogP contribution in [0.25, 0.3) is 0 Å². The van der Waals surface area contributed by atoms with E-state index < -0.39 is 75.5 Å². The molecule has 12 nitrogen and oxygen atoms in total. The van der Waals surface area contributed by atoms with Crippen molar-refractivity contribution in [1.29, 1.82) is 0 Å². The Bertz CT molecular complexity index is 1900. The number of sulfonamides is 1. The van der Waals surface area contributed by atoms with Gasteiger partial charge in [-0.25, -0.2) is 13.2 Å². The van der Waals surface area contributed by atoms with Gasteiger partial charge in [-0.2, -0.15) is 17.5 Å². The number of fused-ring (bicyclic) bond motifs is 1. The quantitative estimate of drug-likeness (QED) is 0.165. The van der Waals surface area contributed by atoms with Gasteiger partial charge in [0.25, 0.3) is 0 Å². The molecule has 2 aliphatic rings. The maximum absolute atomic E-state index is 14.1. The summed E-state index contributed by atoms with van der Waals surface area (Å²) >= 11 is 0. The maximum atomic E-state index is 14.1. The lowest BCUT2D eigenvalue weighted by atomic mass is 9.76. The zero-order valence-corrected chi connectivity index (χ0v) is 28.7. The largest absolute Gasteiger partial charge is 0.573 e. The molecule has 3 aromatic rings. The van der Waals surface area contributed by atoms with Crippen LogP contribution in [-0.2, 0) is 46.9 Å². The summed E-state index contributed by atoms with van der Waals surface area (Å²) in [6.45, 7) is 1.11. The molecule has 4 atom stereocenters. The number of nitrogens with one attached hydrogen (secondary N) is 1. The van der Waals surface area contributed by atoms with Crippen molar-refractivity contribution in [2.75, 3.05) is 20.2 Å². The average Bonchev–Trinajstić information content (AvgIpc) is 3.55. The molecule has 0 aliphatic carbocycles. The van der Waals surface area contributed by atoms with E-state index in [4.69, 9.17) is 14.6 Å². The summed E-state index contributed by atoms with van der Waals surface area (Å²) < 4.78 is 107. The molecule has 2 heterocycles. The highest BCUT2D eigenvalue weighted by atomic mass is 32.2. The van der Waals surface area contributed by atoms with Gasteiger partial charge >= 0.3 is 24.5 Å². The van der Waals surface area contributed by atoms with Crippen molar-refractivity contribution in [1.82, 2.24) is 14.5 Å². The number of aliphatic carboxylic acids is 1. The molecule has 2 N–H and O–H groups in total. The lowest BCUT2D eigenvalue weighted by Crippen LogP contribution is -2.59. The number of carbonyl (C=O) groups excluding carboxylic acids is 3. The fourth-order valence-electron chi connectivity index (χ4n) is 6.36. The first-order chi connectivity index (χ1) is 24.7. The van der Waals surface area contributed by atoms with Gasteiger partial charge in [0.15, 0.2) is 0 Å². The SMILES string of the molecule is CCN(C[C@H]1N[C@@](Cc2ccccc2)(C(=O)OC)[C@H]2C(=O)N(Cc3ccccc3)C(=O)[C@@H]12)S(=O)(=O)c1ccc(OC(F)(F)F)cc1.O=C(O)C(F)(F)F. The van der Waals surface area contributed by atoms with Crippen LogP contribution in [0.3, 0.4) is 0 Å². The number of methoxy groups -OCH3 is 1. The first-order valence-corrected chi connectivity index (χ1v) is 17.1. The van der Waals surface area contributed by atoms with Crippen LogP contribution in [0.5, 0.6) is 5.75 Å². The topological polar surface area (TPSA) is 160 Å². The molecule has 19 heteroatoms. The van der Waals surface area contributed by atoms with Gasteiger partial charge in [0, 0.05) is 25.6 Å². The lowest BCUT2D eigenvalue weighted by Gasteiger charge is -2.33. The molecule has 0 bridgehead atoms. The van der Waals surface area contributed by atoms with Crippen molar-refractivity contribution >= 4 is 33.8 Å². The molecule has 2 saturated heterocycles. The van der Waals surface area contributed by atoms with Crippen molar-refractivity contribution < 1.29 is 68.5 Å². The number of hydrogen-bond acceptors (Lipinski definition) is 9. The molecule has 0 unspecified atom stereocenters. The molecule has 5 rings (SSSR count). The molecule has 3 aromatic carbocycles. The van der Waals surface area contributed by atoms with Crippen LogP contribution in [0.4, 0.5) is 26.3 Å². The number of amides is 2. The number of likely N-dealkylation sites (N-methyl/N-ethyl adjacent to an activating group) is 1. The summed E-state index contributed by atoms with van der Waals surface area (Å²) in [5.41, 5.74) is -0.331. The van der Waals surface area contributed by atoms with E-state index in [9.17, 15) is 49.1 Å². The number of imide groups is 1. The molecule has 0 radical (unpaired) electrons. The molecule has 2 aliphatic heterocycles. The molecule has 0 aromatic heterocycles. The van der Waals surface area contributed by atoms with E-state index in [0.717, 1.165) is 33.5 Å². The standard InChI is InChI=1S/C32H32F3N3O7S.C2HF3O2/c1-3-37(46(42,43)24-16-14-23(15-17-24)45-32(33,34)35)20-25-26-27(29(40)38(28(26)39)19-22-12-8-5-9-13-22)31(36-25,30(41)44-2)18-21-10-6-4-7-11-21;3-2(4,5)1(6)7/h4-17,25-27,36H,3,18-20H2,1-2H3;(H,6,7)/t25-,26+,27-,31-;/m1./s1. The monoisotopic (exact) mass is 773 g/mol. The number of carbonyl (C=O) groups is 4. The van der Waals surface area contributed by atoms with Gasteiger partial charge < -0.3 is 14.6 Å². The highest BCUT2D eigenvalue weighted by Gasteiger charge is 2.68. The Kier molecular flexibility index (Phi) is 12.2. The third-order valence-corrected chi connectivity index (χ3v) is 10.6. The molecule has 0 saturated carbocycles. The first kappa shape index (κ1) is 40.8. The second-order valence-electron chi connectivity index (χ2n) is 11.9. The number of hydrogen-bond donors (Lipinski definition) is 2. The minimum Gasteiger partial charge on any atom is -0.475 e. The molecule has 0 spiro atoms. The zero-order chi connectivity index (χ0) is 39.4. The smallest absolute Gasteiger partial charge is 0.475 e. The van der Waals surface area contributed by atoms with E-state index >= 15 is 0 Å². The number of esters is 1. The van der Waals surface area contributed by atoms with Gasteiger partial charge in [-0.3, -0.25) is 24.6 Å². The number of likely N-dealkylation sites (tertiary alicyclic amines) is 1. The summed E-state index contributed by atoms with van der Waals surface area (Å²) in [4.78, 5) is 51.5. The van der Waals surface area contributed by atoms with E-state index in [1.54, 1.807) is 67.6 Å². The predicted molar refractivity (Wildman–Crippen MR) is 172 cm³/mol. The molecule has 53 heavy (non-hydrogen) atoms. The number of rotatable bonds is 11. The summed E-state index contributed by atoms with van der Waals surface area (Å²) in [6, 6.07) is 20.5. The van der Waals surface area contributed by atoms with Crippen LogP contribution in [0.1, 0.15) is 18.1 Å². The molecular formula is C34H33F6N3O9S. The normalized spacial score (nSPS) is 21.5. The summed E-state index contributed by atoms with van der Waals surface area (Å²) in [6.07, 6.45) is -10.1. The summed E-state index contributed by atoms with van der Waals surface area (Å²) in [5, 5.41) is 10.3. The number of nitrogens with zero attached hydrogens (tertiary/aromatic N) is 2. The van der Waals surface area contributed by atoms with E-state index in [0.29, 0.717) is 11.1 Å². The number of carboxylic acid groups (broad SMARTS) is 1. The van der Waals surface area contributed by atoms with E-state index in [-0.39, 0.29) is 31.0 Å². The minimum absolute atomic E-state index is 0.0179. The van der Waals surface area contributed by atoms with Gasteiger partial charge in [-0.05, 0) is 35.4 Å². The Balaban J connectivity index is 0.000000815. The molecule has 2 fully saturated rings. The number of carboxylic acids is 1. The highest BCUT2D eigenvalue weighted by molar-refractivity contribution is 7.89. The van der Waals surface area contributed by atoms with Crippen LogP contribution in [-0.4, -0.2) is 90.8 Å². The second-order valence-corrected chi connectivity index (χ2v) is 13.8. The van der Waals surface area contributed by atoms with Crippen LogP contribution in [0.15, 0.2) is 89.8 Å². The van der Waals surface area contributed by atoms with Gasteiger partial charge in [-0.15, -0.1) is 13.2 Å². The van der Waals surface area contributed by atoms with E-state index in [2.05, 4.69) is 10.1 Å². The van der Waals surface area contributed by atoms with Gasteiger partial charge in [0.05, 0.1) is 30.4 Å². The van der Waals surface area contributed by atoms with Gasteiger partial charge in [-0.1, -0.05) is 67.6 Å². The van der Waals surface area contributed by atoms with Crippen molar-refractivity contribution in [3.05, 3.63) is 96.1 Å². The van der Waals surface area contributed by atoms with Gasteiger partial charge in [0.2, 0.25) is 21.8 Å². The fourth-order valence-corrected chi connectivity index (χ4v) is 7.84. The van der Waals surface area contributed by atoms with E-state index in [1.165, 1.54) is 7.11 Å². The Hall–Kier alpha value is -5.01. The second kappa shape index (κ2) is 15.9. The Labute approximate surface area is 299 Å². The van der Waals surface area contributed by atoms with E-state index in [1.807, 2.05) is 0 Å². The Morgan fingerprint density at radius 2 is 1.42 bits per heavy atom. The minimum atomic E-state index is -5.08. The predicted octanol–water partition coefficient (Wildman–Crippen LogP) is 4.16. The third-order valence-electron chi connectivity index (χ3n) is 8.60. The summed E-state index contributed by atoms with van der Waals surface area (Å²) in [5.74, 6) is -7.59. The summed E-state index contributed by atoms with van der Waals surface area (Å²) in [7, 11) is -3.13. The van der Waals surface area contributed by atoms with Crippen LogP contribution >= 0.6 is 0 Å². The molecular weight excluding hydrogens is 740 g/mol. The zero-order valence-electron chi connectivity index (χ0n) is 27.9. The number of alkyl halides is 6. The number of ether oxygens (including phenoxy) is 2. The molecule has 2 amide bonds. The highest BCUT2D eigenvalue weighted by Crippen LogP contribution is 2.46. The number of benzene rings is 3. The average molecular weight is 774 g/mol. The Morgan fingerprint density at radius 3 is 1.89 bits per heavy atom. The number of halogens is 6.